The second-order valence-electron chi connectivity index (χ2n) is 4.43. The van der Waals surface area contributed by atoms with Crippen LogP contribution in [0.1, 0.15) is 16.4 Å². The van der Waals surface area contributed by atoms with E-state index in [0.29, 0.717) is 13.0 Å². The van der Waals surface area contributed by atoms with Gasteiger partial charge in [-0.05, 0) is 34.1 Å². The predicted molar refractivity (Wildman–Crippen MR) is 76.4 cm³/mol. The molecule has 2 unspecified atom stereocenters. The average molecular weight is 325 g/mol. The third-order valence-electron chi connectivity index (χ3n) is 3.24. The van der Waals surface area contributed by atoms with E-state index in [4.69, 9.17) is 4.74 Å². The van der Waals surface area contributed by atoms with Crippen molar-refractivity contribution in [2.24, 2.45) is 0 Å². The molecule has 0 saturated heterocycles. The van der Waals surface area contributed by atoms with Gasteiger partial charge < -0.3 is 9.84 Å². The lowest BCUT2D eigenvalue weighted by Crippen LogP contribution is -2.21. The van der Waals surface area contributed by atoms with Gasteiger partial charge in [0.05, 0.1) is 16.5 Å². The van der Waals surface area contributed by atoms with E-state index in [0.717, 1.165) is 15.1 Å². The highest BCUT2D eigenvalue weighted by Gasteiger charge is 2.30. The first-order valence-electron chi connectivity index (χ1n) is 5.88. The Morgan fingerprint density at radius 1 is 1.33 bits per heavy atom. The number of thiophene rings is 1. The lowest BCUT2D eigenvalue weighted by molar-refractivity contribution is 0.130. The van der Waals surface area contributed by atoms with E-state index in [2.05, 4.69) is 22.0 Å². The monoisotopic (exact) mass is 324 g/mol. The van der Waals surface area contributed by atoms with Crippen LogP contribution in [0.3, 0.4) is 0 Å². The molecule has 0 spiro atoms. The van der Waals surface area contributed by atoms with Crippen LogP contribution in [0.2, 0.25) is 0 Å². The molecular weight excluding hydrogens is 312 g/mol. The zero-order chi connectivity index (χ0) is 12.5. The van der Waals surface area contributed by atoms with E-state index in [1.165, 1.54) is 4.88 Å². The largest absolute Gasteiger partial charge is 0.493 e. The molecule has 0 aliphatic carbocycles. The number of aliphatic hydroxyl groups is 1. The molecule has 2 nitrogen and oxygen atoms in total. The lowest BCUT2D eigenvalue weighted by atomic mass is 9.93. The molecule has 0 bridgehead atoms. The Bertz CT molecular complexity index is 552. The molecule has 0 radical (unpaired) electrons. The fourth-order valence-electron chi connectivity index (χ4n) is 2.32. The Kier molecular flexibility index (Phi) is 3.41. The smallest absolute Gasteiger partial charge is 0.123 e. The molecular formula is C14H13BrO2S. The molecule has 0 saturated carbocycles. The van der Waals surface area contributed by atoms with Crippen LogP contribution < -0.4 is 4.74 Å². The molecule has 94 valence electrons. The fourth-order valence-corrected chi connectivity index (χ4v) is 3.85. The highest BCUT2D eigenvalue weighted by Crippen LogP contribution is 2.37. The summed E-state index contributed by atoms with van der Waals surface area (Å²) in [6, 6.07) is 12.0. The van der Waals surface area contributed by atoms with Gasteiger partial charge in [-0.2, -0.15) is 0 Å². The molecule has 4 heteroatoms. The molecule has 2 aromatic rings. The van der Waals surface area contributed by atoms with Gasteiger partial charge in [0.25, 0.3) is 0 Å². The van der Waals surface area contributed by atoms with Crippen LogP contribution in [0.15, 0.2) is 40.2 Å². The standard InChI is InChI=1S/C14H13BrO2S/c15-14-6-5-9(18-14)7-12(16)11-8-17-13-4-2-1-3-10(11)13/h1-6,11-12,16H,7-8H2. The summed E-state index contributed by atoms with van der Waals surface area (Å²) >= 11 is 5.12. The molecule has 1 aliphatic heterocycles. The number of benzene rings is 1. The van der Waals surface area contributed by atoms with Crippen molar-refractivity contribution in [1.82, 2.24) is 0 Å². The second-order valence-corrected chi connectivity index (χ2v) is 6.98. The minimum atomic E-state index is -0.390. The molecule has 1 N–H and O–H groups in total. The molecule has 1 aromatic carbocycles. The van der Waals surface area contributed by atoms with Crippen molar-refractivity contribution >= 4 is 27.3 Å². The number of rotatable bonds is 3. The van der Waals surface area contributed by atoms with Crippen LogP contribution in [0, 0.1) is 0 Å². The maximum atomic E-state index is 10.4. The molecule has 2 atom stereocenters. The Morgan fingerprint density at radius 2 is 2.17 bits per heavy atom. The van der Waals surface area contributed by atoms with Crippen LogP contribution in [-0.2, 0) is 6.42 Å². The van der Waals surface area contributed by atoms with E-state index in [1.54, 1.807) is 11.3 Å². The summed E-state index contributed by atoms with van der Waals surface area (Å²) in [6.45, 7) is 0.576. The van der Waals surface area contributed by atoms with E-state index < -0.39 is 0 Å². The number of fused-ring (bicyclic) bond motifs is 1. The molecule has 1 aromatic heterocycles. The van der Waals surface area contributed by atoms with Gasteiger partial charge >= 0.3 is 0 Å². The summed E-state index contributed by atoms with van der Waals surface area (Å²) in [6.07, 6.45) is 0.290. The van der Waals surface area contributed by atoms with Gasteiger partial charge in [0.1, 0.15) is 5.75 Å². The van der Waals surface area contributed by atoms with Crippen LogP contribution in [0.4, 0.5) is 0 Å². The number of hydrogen-bond donors (Lipinski definition) is 1. The zero-order valence-electron chi connectivity index (χ0n) is 9.67. The van der Waals surface area contributed by atoms with Gasteiger partial charge in [-0.3, -0.25) is 0 Å². The van der Waals surface area contributed by atoms with Crippen LogP contribution in [0.25, 0.3) is 0 Å². The number of para-hydroxylation sites is 1. The zero-order valence-corrected chi connectivity index (χ0v) is 12.1. The highest BCUT2D eigenvalue weighted by molar-refractivity contribution is 9.11. The van der Waals surface area contributed by atoms with Gasteiger partial charge in [0.15, 0.2) is 0 Å². The Balaban J connectivity index is 1.76. The summed E-state index contributed by atoms with van der Waals surface area (Å²) in [5.41, 5.74) is 1.13. The van der Waals surface area contributed by atoms with Crippen molar-refractivity contribution in [3.63, 3.8) is 0 Å². The Morgan fingerprint density at radius 3 is 2.94 bits per heavy atom. The van der Waals surface area contributed by atoms with Gasteiger partial charge in [0.2, 0.25) is 0 Å². The molecule has 1 aliphatic rings. The van der Waals surface area contributed by atoms with Gasteiger partial charge in [0, 0.05) is 22.8 Å². The maximum absolute atomic E-state index is 10.4. The third kappa shape index (κ3) is 2.32. The van der Waals surface area contributed by atoms with Crippen molar-refractivity contribution in [1.29, 1.82) is 0 Å². The highest BCUT2D eigenvalue weighted by atomic mass is 79.9. The third-order valence-corrected chi connectivity index (χ3v) is 4.89. The van der Waals surface area contributed by atoms with Gasteiger partial charge in [-0.15, -0.1) is 11.3 Å². The molecule has 18 heavy (non-hydrogen) atoms. The first kappa shape index (κ1) is 12.2. The van der Waals surface area contributed by atoms with Crippen molar-refractivity contribution in [3.8, 4) is 5.75 Å². The summed E-state index contributed by atoms with van der Waals surface area (Å²) < 4.78 is 6.71. The molecule has 2 heterocycles. The maximum Gasteiger partial charge on any atom is 0.123 e. The van der Waals surface area contributed by atoms with E-state index in [9.17, 15) is 5.11 Å². The van der Waals surface area contributed by atoms with E-state index in [-0.39, 0.29) is 12.0 Å². The van der Waals surface area contributed by atoms with Crippen molar-refractivity contribution < 1.29 is 9.84 Å². The second kappa shape index (κ2) is 5.03. The van der Waals surface area contributed by atoms with Crippen molar-refractivity contribution in [2.75, 3.05) is 6.61 Å². The predicted octanol–water partition coefficient (Wildman–Crippen LogP) is 3.59. The normalized spacial score (nSPS) is 19.3. The van der Waals surface area contributed by atoms with E-state index in [1.807, 2.05) is 30.3 Å². The topological polar surface area (TPSA) is 29.5 Å². The van der Waals surface area contributed by atoms with Crippen LogP contribution >= 0.6 is 27.3 Å². The number of ether oxygens (including phenoxy) is 1. The lowest BCUT2D eigenvalue weighted by Gasteiger charge is -2.16. The van der Waals surface area contributed by atoms with E-state index >= 15 is 0 Å². The Labute approximate surface area is 118 Å². The van der Waals surface area contributed by atoms with Crippen LogP contribution in [0.5, 0.6) is 5.75 Å². The number of aliphatic hydroxyl groups excluding tert-OH is 1. The van der Waals surface area contributed by atoms with Gasteiger partial charge in [-0.25, -0.2) is 0 Å². The van der Waals surface area contributed by atoms with Crippen LogP contribution in [-0.4, -0.2) is 17.8 Å². The fraction of sp³-hybridized carbons (Fsp3) is 0.286. The average Bonchev–Trinajstić information content (AvgIpc) is 2.95. The summed E-state index contributed by atoms with van der Waals surface area (Å²) in [5, 5.41) is 10.4. The first-order valence-corrected chi connectivity index (χ1v) is 7.49. The first-order chi connectivity index (χ1) is 8.74. The Hall–Kier alpha value is -0.840. The molecule has 0 fully saturated rings. The van der Waals surface area contributed by atoms with Crippen molar-refractivity contribution in [2.45, 2.75) is 18.4 Å². The SMILES string of the molecule is OC(Cc1ccc(Br)s1)C1COc2ccccc21. The molecule has 0 amide bonds. The summed E-state index contributed by atoms with van der Waals surface area (Å²) in [4.78, 5) is 1.19. The number of hydrogen-bond acceptors (Lipinski definition) is 3. The summed E-state index contributed by atoms with van der Waals surface area (Å²) in [7, 11) is 0. The van der Waals surface area contributed by atoms with Crippen molar-refractivity contribution in [3.05, 3.63) is 50.6 Å². The quantitative estimate of drug-likeness (QED) is 0.934. The van der Waals surface area contributed by atoms with Gasteiger partial charge in [-0.1, -0.05) is 18.2 Å². The minimum Gasteiger partial charge on any atom is -0.493 e. The summed E-state index contributed by atoms with van der Waals surface area (Å²) in [5.74, 6) is 0.996. The minimum absolute atomic E-state index is 0.0853. The number of halogens is 1. The molecule has 3 rings (SSSR count).